The van der Waals surface area contributed by atoms with Gasteiger partial charge in [0.2, 0.25) is 5.91 Å². The van der Waals surface area contributed by atoms with Crippen molar-refractivity contribution in [3.05, 3.63) is 53.1 Å². The van der Waals surface area contributed by atoms with Crippen LogP contribution in [0.15, 0.2) is 36.4 Å². The van der Waals surface area contributed by atoms with Crippen LogP contribution in [0.1, 0.15) is 21.5 Å². The van der Waals surface area contributed by atoms with Gasteiger partial charge < -0.3 is 19.7 Å². The normalized spacial score (nSPS) is 13.7. The van der Waals surface area contributed by atoms with Crippen LogP contribution in [0.25, 0.3) is 0 Å². The Morgan fingerprint density at radius 3 is 2.41 bits per heavy atom. The standard InChI is InChI=1S/C22H26N2O4S/c1-15-12-17(22(26)24-8-10-29-11-9-24)5-6-18(15)23-21(25)14-16-4-7-19(27-2)20(13-16)28-3/h4-7,12-13H,8-11,14H2,1-3H3,(H,23,25). The summed E-state index contributed by atoms with van der Waals surface area (Å²) >= 11 is 1.87. The largest absolute Gasteiger partial charge is 0.493 e. The zero-order valence-electron chi connectivity index (χ0n) is 17.0. The van der Waals surface area contributed by atoms with Crippen LogP contribution >= 0.6 is 11.8 Å². The fourth-order valence-corrected chi connectivity index (χ4v) is 4.16. The summed E-state index contributed by atoms with van der Waals surface area (Å²) in [5, 5.41) is 2.93. The number of carbonyl (C=O) groups is 2. The van der Waals surface area contributed by atoms with Crippen LogP contribution in [-0.4, -0.2) is 55.5 Å². The number of carbonyl (C=O) groups excluding carboxylic acids is 2. The maximum atomic E-state index is 12.6. The van der Waals surface area contributed by atoms with Crippen LogP contribution in [0.3, 0.4) is 0 Å². The molecular formula is C22H26N2O4S. The van der Waals surface area contributed by atoms with E-state index in [9.17, 15) is 9.59 Å². The number of benzene rings is 2. The minimum absolute atomic E-state index is 0.0524. The highest BCUT2D eigenvalue weighted by atomic mass is 32.2. The average molecular weight is 415 g/mol. The smallest absolute Gasteiger partial charge is 0.253 e. The lowest BCUT2D eigenvalue weighted by atomic mass is 10.1. The van der Waals surface area contributed by atoms with Crippen molar-refractivity contribution in [2.45, 2.75) is 13.3 Å². The number of methoxy groups -OCH3 is 2. The Morgan fingerprint density at radius 2 is 1.76 bits per heavy atom. The number of aryl methyl sites for hydroxylation is 1. The molecule has 0 unspecified atom stereocenters. The molecular weight excluding hydrogens is 388 g/mol. The molecule has 29 heavy (non-hydrogen) atoms. The van der Waals surface area contributed by atoms with E-state index < -0.39 is 0 Å². The Hall–Kier alpha value is -2.67. The predicted octanol–water partition coefficient (Wildman–Crippen LogP) is 3.38. The summed E-state index contributed by atoms with van der Waals surface area (Å²) in [6.07, 6.45) is 0.214. The molecule has 0 aromatic heterocycles. The molecule has 2 amide bonds. The Labute approximate surface area is 175 Å². The van der Waals surface area contributed by atoms with Crippen molar-refractivity contribution in [1.29, 1.82) is 0 Å². The van der Waals surface area contributed by atoms with Crippen LogP contribution in [0.4, 0.5) is 5.69 Å². The Balaban J connectivity index is 1.65. The number of ether oxygens (including phenoxy) is 2. The van der Waals surface area contributed by atoms with Gasteiger partial charge in [0.25, 0.3) is 5.91 Å². The van der Waals surface area contributed by atoms with Crippen molar-refractivity contribution in [2.75, 3.05) is 44.1 Å². The number of nitrogens with one attached hydrogen (secondary N) is 1. The second-order valence-electron chi connectivity index (χ2n) is 6.85. The Bertz CT molecular complexity index is 894. The molecule has 0 bridgehead atoms. The van der Waals surface area contributed by atoms with E-state index in [4.69, 9.17) is 9.47 Å². The van der Waals surface area contributed by atoms with Gasteiger partial charge in [0.15, 0.2) is 11.5 Å². The summed E-state index contributed by atoms with van der Waals surface area (Å²) in [5.74, 6) is 3.10. The summed E-state index contributed by atoms with van der Waals surface area (Å²) in [6, 6.07) is 10.8. The summed E-state index contributed by atoms with van der Waals surface area (Å²) in [7, 11) is 3.14. The molecule has 2 aromatic rings. The number of thioether (sulfide) groups is 1. The first-order valence-corrected chi connectivity index (χ1v) is 10.7. The van der Waals surface area contributed by atoms with Crippen LogP contribution in [-0.2, 0) is 11.2 Å². The summed E-state index contributed by atoms with van der Waals surface area (Å²) in [5.41, 5.74) is 3.06. The Morgan fingerprint density at radius 1 is 1.03 bits per heavy atom. The first-order valence-electron chi connectivity index (χ1n) is 9.50. The van der Waals surface area contributed by atoms with Gasteiger partial charge in [-0.25, -0.2) is 0 Å². The lowest BCUT2D eigenvalue weighted by molar-refractivity contribution is -0.115. The van der Waals surface area contributed by atoms with Gasteiger partial charge >= 0.3 is 0 Å². The highest BCUT2D eigenvalue weighted by Gasteiger charge is 2.19. The molecule has 7 heteroatoms. The highest BCUT2D eigenvalue weighted by Crippen LogP contribution is 2.28. The van der Waals surface area contributed by atoms with E-state index in [1.807, 2.05) is 35.7 Å². The van der Waals surface area contributed by atoms with Gasteiger partial charge in [-0.2, -0.15) is 11.8 Å². The SMILES string of the molecule is COc1ccc(CC(=O)Nc2ccc(C(=O)N3CCSCC3)cc2C)cc1OC. The van der Waals surface area contributed by atoms with Crippen LogP contribution < -0.4 is 14.8 Å². The van der Waals surface area contributed by atoms with Gasteiger partial charge in [-0.15, -0.1) is 0 Å². The molecule has 0 spiro atoms. The highest BCUT2D eigenvalue weighted by molar-refractivity contribution is 7.99. The maximum Gasteiger partial charge on any atom is 0.253 e. The van der Waals surface area contributed by atoms with Crippen molar-refractivity contribution in [1.82, 2.24) is 4.90 Å². The van der Waals surface area contributed by atoms with Gasteiger partial charge in [0, 0.05) is 35.8 Å². The summed E-state index contributed by atoms with van der Waals surface area (Å²) in [6.45, 7) is 3.47. The third-order valence-corrected chi connectivity index (χ3v) is 5.80. The van der Waals surface area contributed by atoms with Crippen LogP contribution in [0.5, 0.6) is 11.5 Å². The van der Waals surface area contributed by atoms with Crippen molar-refractivity contribution in [3.8, 4) is 11.5 Å². The molecule has 1 fully saturated rings. The van der Waals surface area contributed by atoms with E-state index in [1.54, 1.807) is 38.5 Å². The van der Waals surface area contributed by atoms with E-state index in [0.29, 0.717) is 22.7 Å². The second-order valence-corrected chi connectivity index (χ2v) is 8.07. The van der Waals surface area contributed by atoms with Crippen molar-refractivity contribution in [2.24, 2.45) is 0 Å². The maximum absolute atomic E-state index is 12.6. The molecule has 2 aromatic carbocycles. The third-order valence-electron chi connectivity index (χ3n) is 4.86. The monoisotopic (exact) mass is 414 g/mol. The molecule has 154 valence electrons. The molecule has 0 saturated carbocycles. The third kappa shape index (κ3) is 5.23. The van der Waals surface area contributed by atoms with Gasteiger partial charge in [-0.05, 0) is 48.4 Å². The van der Waals surface area contributed by atoms with E-state index in [1.165, 1.54) is 0 Å². The van der Waals surface area contributed by atoms with E-state index >= 15 is 0 Å². The van der Waals surface area contributed by atoms with E-state index in [2.05, 4.69) is 5.32 Å². The van der Waals surface area contributed by atoms with Crippen molar-refractivity contribution >= 4 is 29.3 Å². The first-order chi connectivity index (χ1) is 14.0. The average Bonchev–Trinajstić information content (AvgIpc) is 2.75. The minimum atomic E-state index is -0.132. The second kappa shape index (κ2) is 9.69. The van der Waals surface area contributed by atoms with Crippen molar-refractivity contribution in [3.63, 3.8) is 0 Å². The molecule has 3 rings (SSSR count). The lowest BCUT2D eigenvalue weighted by Crippen LogP contribution is -2.37. The Kier molecular flexibility index (Phi) is 7.04. The quantitative estimate of drug-likeness (QED) is 0.785. The molecule has 1 heterocycles. The van der Waals surface area contributed by atoms with Gasteiger partial charge in [0.1, 0.15) is 0 Å². The van der Waals surface area contributed by atoms with Gasteiger partial charge in [-0.1, -0.05) is 6.07 Å². The van der Waals surface area contributed by atoms with Gasteiger partial charge in [0.05, 0.1) is 20.6 Å². The molecule has 1 N–H and O–H groups in total. The lowest BCUT2D eigenvalue weighted by Gasteiger charge is -2.26. The topological polar surface area (TPSA) is 67.9 Å². The molecule has 0 radical (unpaired) electrons. The van der Waals surface area contributed by atoms with Crippen LogP contribution in [0.2, 0.25) is 0 Å². The molecule has 6 nitrogen and oxygen atoms in total. The molecule has 1 saturated heterocycles. The number of hydrogen-bond donors (Lipinski definition) is 1. The van der Waals surface area contributed by atoms with Gasteiger partial charge in [-0.3, -0.25) is 9.59 Å². The number of amides is 2. The summed E-state index contributed by atoms with van der Waals surface area (Å²) in [4.78, 5) is 27.0. The predicted molar refractivity (Wildman–Crippen MR) is 116 cm³/mol. The zero-order chi connectivity index (χ0) is 20.8. The van der Waals surface area contributed by atoms with Crippen LogP contribution in [0, 0.1) is 6.92 Å². The number of rotatable bonds is 6. The fourth-order valence-electron chi connectivity index (χ4n) is 3.26. The number of hydrogen-bond acceptors (Lipinski definition) is 5. The first kappa shape index (κ1) is 21.0. The zero-order valence-corrected chi connectivity index (χ0v) is 17.8. The van der Waals surface area contributed by atoms with E-state index in [-0.39, 0.29) is 18.2 Å². The van der Waals surface area contributed by atoms with E-state index in [0.717, 1.165) is 35.7 Å². The molecule has 0 aliphatic carbocycles. The molecule has 0 atom stereocenters. The van der Waals surface area contributed by atoms with Crippen molar-refractivity contribution < 1.29 is 19.1 Å². The summed E-state index contributed by atoms with van der Waals surface area (Å²) < 4.78 is 10.5. The molecule has 1 aliphatic heterocycles. The number of anilines is 1. The fraction of sp³-hybridized carbons (Fsp3) is 0.364. The molecule has 1 aliphatic rings. The minimum Gasteiger partial charge on any atom is -0.493 e. The number of nitrogens with zero attached hydrogens (tertiary/aromatic N) is 1.